The van der Waals surface area contributed by atoms with Crippen molar-refractivity contribution < 1.29 is 18.3 Å². The second kappa shape index (κ2) is 9.33. The molecule has 1 atom stereocenters. The molecule has 1 aromatic carbocycles. The molecular weight excluding hydrogens is 462 g/mol. The standard InChI is InChI=1S/C28H28F2N4O2/c29-23-5-4-20(13-24(23)30)26(33-27(35)19-2-3-19)25-6-1-18(14-32-25)16-34-11-8-28(9-12-34)22-15-31-10-7-21(22)17-36-28/h1,4-7,10,13-15,19,26H,2-3,8-9,11-12,16-17H2,(H,33,35). The number of pyridine rings is 2. The molecule has 0 bridgehead atoms. The van der Waals surface area contributed by atoms with Crippen molar-refractivity contribution in [1.82, 2.24) is 20.2 Å². The van der Waals surface area contributed by atoms with Crippen molar-refractivity contribution in [3.8, 4) is 0 Å². The Hall–Kier alpha value is -3.23. The van der Waals surface area contributed by atoms with Crippen LogP contribution in [0.25, 0.3) is 0 Å². The average Bonchev–Trinajstić information content (AvgIpc) is 3.70. The van der Waals surface area contributed by atoms with E-state index in [4.69, 9.17) is 4.74 Å². The van der Waals surface area contributed by atoms with Gasteiger partial charge in [0.15, 0.2) is 11.6 Å². The highest BCUT2D eigenvalue weighted by molar-refractivity contribution is 5.81. The maximum atomic E-state index is 14.0. The molecule has 6 rings (SSSR count). The summed E-state index contributed by atoms with van der Waals surface area (Å²) in [4.78, 5) is 23.8. The number of rotatable bonds is 6. The number of nitrogens with zero attached hydrogens (tertiary/aromatic N) is 3. The van der Waals surface area contributed by atoms with E-state index in [1.807, 2.05) is 30.6 Å². The van der Waals surface area contributed by atoms with Crippen LogP contribution in [0.15, 0.2) is 55.0 Å². The van der Waals surface area contributed by atoms with E-state index >= 15 is 0 Å². The fraction of sp³-hybridized carbons (Fsp3) is 0.393. The maximum Gasteiger partial charge on any atom is 0.223 e. The predicted octanol–water partition coefficient (Wildman–Crippen LogP) is 4.39. The third-order valence-corrected chi connectivity index (χ3v) is 7.63. The number of likely N-dealkylation sites (tertiary alicyclic amines) is 1. The average molecular weight is 491 g/mol. The molecule has 1 saturated carbocycles. The van der Waals surface area contributed by atoms with E-state index in [-0.39, 0.29) is 17.4 Å². The summed E-state index contributed by atoms with van der Waals surface area (Å²) in [6.45, 7) is 3.23. The lowest BCUT2D eigenvalue weighted by Gasteiger charge is -2.39. The molecule has 4 heterocycles. The molecule has 1 amide bonds. The molecule has 6 nitrogen and oxygen atoms in total. The largest absolute Gasteiger partial charge is 0.365 e. The second-order valence-corrected chi connectivity index (χ2v) is 10.1. The Labute approximate surface area is 208 Å². The van der Waals surface area contributed by atoms with Crippen molar-refractivity contribution in [2.24, 2.45) is 5.92 Å². The molecule has 1 N–H and O–H groups in total. The minimum absolute atomic E-state index is 0.00828. The monoisotopic (exact) mass is 490 g/mol. The molecule has 1 unspecified atom stereocenters. The maximum absolute atomic E-state index is 14.0. The van der Waals surface area contributed by atoms with Crippen LogP contribution in [0.2, 0.25) is 0 Å². The smallest absolute Gasteiger partial charge is 0.223 e. The first-order valence-corrected chi connectivity index (χ1v) is 12.5. The first kappa shape index (κ1) is 23.2. The van der Waals surface area contributed by atoms with E-state index in [0.29, 0.717) is 17.9 Å². The molecule has 0 radical (unpaired) electrons. The first-order valence-electron chi connectivity index (χ1n) is 12.5. The molecular formula is C28H28F2N4O2. The zero-order valence-corrected chi connectivity index (χ0v) is 19.9. The van der Waals surface area contributed by atoms with Gasteiger partial charge in [-0.05, 0) is 66.6 Å². The van der Waals surface area contributed by atoms with E-state index < -0.39 is 17.7 Å². The van der Waals surface area contributed by atoms with Crippen LogP contribution in [0.1, 0.15) is 59.7 Å². The van der Waals surface area contributed by atoms with Gasteiger partial charge in [0, 0.05) is 49.7 Å². The number of nitrogens with one attached hydrogen (secondary N) is 1. The van der Waals surface area contributed by atoms with E-state index in [1.165, 1.54) is 17.2 Å². The summed E-state index contributed by atoms with van der Waals surface area (Å²) in [5, 5.41) is 2.98. The zero-order valence-electron chi connectivity index (χ0n) is 19.9. The van der Waals surface area contributed by atoms with E-state index in [2.05, 4.69) is 20.2 Å². The first-order chi connectivity index (χ1) is 17.5. The lowest BCUT2D eigenvalue weighted by Crippen LogP contribution is -2.42. The van der Waals surface area contributed by atoms with E-state index in [0.717, 1.165) is 63.0 Å². The number of ether oxygens (including phenoxy) is 1. The third kappa shape index (κ3) is 4.51. The summed E-state index contributed by atoms with van der Waals surface area (Å²) in [5.41, 5.74) is 4.37. The number of carbonyl (C=O) groups is 1. The predicted molar refractivity (Wildman–Crippen MR) is 129 cm³/mol. The number of halogens is 2. The van der Waals surface area contributed by atoms with Crippen molar-refractivity contribution in [3.05, 3.63) is 94.6 Å². The van der Waals surface area contributed by atoms with Gasteiger partial charge in [0.1, 0.15) is 0 Å². The molecule has 1 aliphatic carbocycles. The van der Waals surface area contributed by atoms with Gasteiger partial charge in [-0.25, -0.2) is 8.78 Å². The van der Waals surface area contributed by atoms with Gasteiger partial charge in [0.2, 0.25) is 5.91 Å². The van der Waals surface area contributed by atoms with Crippen molar-refractivity contribution in [3.63, 3.8) is 0 Å². The summed E-state index contributed by atoms with van der Waals surface area (Å²) >= 11 is 0. The van der Waals surface area contributed by atoms with Gasteiger partial charge in [0.25, 0.3) is 0 Å². The van der Waals surface area contributed by atoms with Crippen LogP contribution in [-0.2, 0) is 28.3 Å². The summed E-state index contributed by atoms with van der Waals surface area (Å²) < 4.78 is 33.7. The highest BCUT2D eigenvalue weighted by Crippen LogP contribution is 2.43. The quantitative estimate of drug-likeness (QED) is 0.555. The number of hydrogen-bond donors (Lipinski definition) is 1. The summed E-state index contributed by atoms with van der Waals surface area (Å²) in [6.07, 6.45) is 9.12. The van der Waals surface area contributed by atoms with Gasteiger partial charge in [-0.2, -0.15) is 0 Å². The normalized spacial score (nSPS) is 19.7. The Balaban J connectivity index is 1.14. The highest BCUT2D eigenvalue weighted by atomic mass is 19.2. The summed E-state index contributed by atoms with van der Waals surface area (Å²) in [5.74, 6) is -1.95. The Morgan fingerprint density at radius 2 is 1.94 bits per heavy atom. The minimum atomic E-state index is -0.942. The number of amides is 1. The minimum Gasteiger partial charge on any atom is -0.365 e. The number of benzene rings is 1. The van der Waals surface area contributed by atoms with Crippen LogP contribution < -0.4 is 5.32 Å². The SMILES string of the molecule is O=C(NC(c1ccc(F)c(F)c1)c1ccc(CN2CCC3(CC2)OCc2ccncc23)cn1)C1CC1. The highest BCUT2D eigenvalue weighted by Gasteiger charge is 2.42. The molecule has 2 aromatic heterocycles. The van der Waals surface area contributed by atoms with Gasteiger partial charge in [-0.3, -0.25) is 19.7 Å². The second-order valence-electron chi connectivity index (χ2n) is 10.1. The molecule has 36 heavy (non-hydrogen) atoms. The Morgan fingerprint density at radius 3 is 2.67 bits per heavy atom. The fourth-order valence-electron chi connectivity index (χ4n) is 5.32. The van der Waals surface area contributed by atoms with Gasteiger partial charge in [-0.1, -0.05) is 12.1 Å². The van der Waals surface area contributed by atoms with E-state index in [9.17, 15) is 13.6 Å². The van der Waals surface area contributed by atoms with Crippen molar-refractivity contribution in [2.75, 3.05) is 13.1 Å². The van der Waals surface area contributed by atoms with Crippen LogP contribution in [0, 0.1) is 17.6 Å². The number of aromatic nitrogens is 2. The van der Waals surface area contributed by atoms with Crippen LogP contribution >= 0.6 is 0 Å². The molecule has 2 aliphatic heterocycles. The van der Waals surface area contributed by atoms with Crippen LogP contribution in [-0.4, -0.2) is 33.9 Å². The van der Waals surface area contributed by atoms with Crippen molar-refractivity contribution >= 4 is 5.91 Å². The summed E-state index contributed by atoms with van der Waals surface area (Å²) in [7, 11) is 0. The molecule has 186 valence electrons. The Morgan fingerprint density at radius 1 is 1.11 bits per heavy atom. The number of carbonyl (C=O) groups excluding carboxylic acids is 1. The number of piperidine rings is 1. The summed E-state index contributed by atoms with van der Waals surface area (Å²) in [6, 6.07) is 8.98. The molecule has 3 aliphatic rings. The Kier molecular flexibility index (Phi) is 6.01. The topological polar surface area (TPSA) is 67.4 Å². The number of hydrogen-bond acceptors (Lipinski definition) is 5. The molecule has 1 spiro atoms. The van der Waals surface area contributed by atoms with Crippen molar-refractivity contribution in [1.29, 1.82) is 0 Å². The van der Waals surface area contributed by atoms with Gasteiger partial charge in [-0.15, -0.1) is 0 Å². The number of fused-ring (bicyclic) bond motifs is 2. The lowest BCUT2D eigenvalue weighted by molar-refractivity contribution is -0.122. The van der Waals surface area contributed by atoms with Gasteiger partial charge >= 0.3 is 0 Å². The van der Waals surface area contributed by atoms with Gasteiger partial charge < -0.3 is 10.1 Å². The van der Waals surface area contributed by atoms with Crippen LogP contribution in [0.5, 0.6) is 0 Å². The van der Waals surface area contributed by atoms with E-state index in [1.54, 1.807) is 6.20 Å². The Bertz CT molecular complexity index is 1270. The fourth-order valence-corrected chi connectivity index (χ4v) is 5.32. The van der Waals surface area contributed by atoms with Crippen LogP contribution in [0.4, 0.5) is 8.78 Å². The molecule has 8 heteroatoms. The van der Waals surface area contributed by atoms with Crippen molar-refractivity contribution in [2.45, 2.75) is 50.5 Å². The molecule has 2 fully saturated rings. The molecule has 1 saturated heterocycles. The lowest BCUT2D eigenvalue weighted by atomic mass is 9.84. The van der Waals surface area contributed by atoms with Gasteiger partial charge in [0.05, 0.1) is 23.9 Å². The third-order valence-electron chi connectivity index (χ3n) is 7.63. The van der Waals surface area contributed by atoms with Crippen LogP contribution in [0.3, 0.4) is 0 Å². The zero-order chi connectivity index (χ0) is 24.7. The molecule has 3 aromatic rings.